The zero-order valence-corrected chi connectivity index (χ0v) is 13.8. The highest BCUT2D eigenvalue weighted by atomic mass is 32.1. The van der Waals surface area contributed by atoms with E-state index in [1.54, 1.807) is 11.3 Å². The third-order valence-electron chi connectivity index (χ3n) is 3.75. The van der Waals surface area contributed by atoms with E-state index in [0.29, 0.717) is 6.61 Å². The van der Waals surface area contributed by atoms with Gasteiger partial charge in [0.25, 0.3) is 0 Å². The summed E-state index contributed by atoms with van der Waals surface area (Å²) in [6.45, 7) is 0.519. The lowest BCUT2D eigenvalue weighted by molar-refractivity contribution is 0.292. The van der Waals surface area contributed by atoms with E-state index in [0.717, 1.165) is 28.2 Å². The van der Waals surface area contributed by atoms with Gasteiger partial charge in [-0.25, -0.2) is 0 Å². The molecule has 0 saturated carbocycles. The van der Waals surface area contributed by atoms with E-state index < -0.39 is 0 Å². The highest BCUT2D eigenvalue weighted by Crippen LogP contribution is 2.38. The van der Waals surface area contributed by atoms with Gasteiger partial charge in [-0.3, -0.25) is 0 Å². The molecule has 0 saturated heterocycles. The van der Waals surface area contributed by atoms with Crippen LogP contribution in [0.4, 0.5) is 0 Å². The van der Waals surface area contributed by atoms with Gasteiger partial charge in [0.1, 0.15) is 12.4 Å². The molecule has 0 aliphatic rings. The Morgan fingerprint density at radius 1 is 0.667 bits per heavy atom. The number of ether oxygens (including phenoxy) is 2. The summed E-state index contributed by atoms with van der Waals surface area (Å²) < 4.78 is 13.3. The van der Waals surface area contributed by atoms with Crippen LogP contribution in [0.5, 0.6) is 17.2 Å². The smallest absolute Gasteiger partial charge is 0.169 e. The molecule has 1 heterocycles. The summed E-state index contributed by atoms with van der Waals surface area (Å²) in [4.78, 5) is 0. The van der Waals surface area contributed by atoms with Crippen LogP contribution < -0.4 is 9.47 Å². The van der Waals surface area contributed by atoms with Gasteiger partial charge in [-0.15, -0.1) is 11.3 Å². The zero-order chi connectivity index (χ0) is 16.2. The average Bonchev–Trinajstić information content (AvgIpc) is 3.05. The van der Waals surface area contributed by atoms with Crippen molar-refractivity contribution in [2.45, 2.75) is 6.61 Å². The molecular weight excluding hydrogens is 316 g/mol. The van der Waals surface area contributed by atoms with Crippen LogP contribution in [0.25, 0.3) is 10.1 Å². The van der Waals surface area contributed by atoms with Crippen molar-refractivity contribution in [2.24, 2.45) is 0 Å². The fourth-order valence-electron chi connectivity index (χ4n) is 2.54. The topological polar surface area (TPSA) is 18.5 Å². The molecule has 3 aromatic carbocycles. The highest BCUT2D eigenvalue weighted by Gasteiger charge is 2.10. The summed E-state index contributed by atoms with van der Waals surface area (Å²) in [7, 11) is 0. The predicted octanol–water partition coefficient (Wildman–Crippen LogP) is 6.27. The largest absolute Gasteiger partial charge is 0.485 e. The van der Waals surface area contributed by atoms with Crippen LogP contribution in [-0.2, 0) is 6.61 Å². The number of benzene rings is 3. The molecule has 0 unspecified atom stereocenters. The molecule has 2 nitrogen and oxygen atoms in total. The van der Waals surface area contributed by atoms with Crippen LogP contribution in [0, 0.1) is 0 Å². The molecule has 0 amide bonds. The fraction of sp³-hybridized carbons (Fsp3) is 0.0476. The Balaban J connectivity index is 1.57. The second-order valence-electron chi connectivity index (χ2n) is 5.42. The van der Waals surface area contributed by atoms with E-state index in [1.165, 1.54) is 4.70 Å². The molecule has 4 rings (SSSR count). The molecule has 0 atom stereocenters. The third kappa shape index (κ3) is 3.12. The molecule has 3 heteroatoms. The summed E-state index contributed by atoms with van der Waals surface area (Å²) >= 11 is 1.68. The van der Waals surface area contributed by atoms with E-state index in [4.69, 9.17) is 9.47 Å². The minimum Gasteiger partial charge on any atom is -0.485 e. The second kappa shape index (κ2) is 6.77. The van der Waals surface area contributed by atoms with Gasteiger partial charge in [-0.2, -0.15) is 0 Å². The van der Waals surface area contributed by atoms with Crippen molar-refractivity contribution in [1.82, 2.24) is 0 Å². The SMILES string of the molecule is c1ccc(COc2ccccc2Oc2csc3ccccc23)cc1. The zero-order valence-electron chi connectivity index (χ0n) is 13.0. The van der Waals surface area contributed by atoms with E-state index in [-0.39, 0.29) is 0 Å². The van der Waals surface area contributed by atoms with E-state index in [9.17, 15) is 0 Å². The first-order valence-corrected chi connectivity index (χ1v) is 8.68. The number of para-hydroxylation sites is 2. The molecule has 1 aromatic heterocycles. The van der Waals surface area contributed by atoms with Gasteiger partial charge < -0.3 is 9.47 Å². The number of fused-ring (bicyclic) bond motifs is 1. The monoisotopic (exact) mass is 332 g/mol. The van der Waals surface area contributed by atoms with Crippen LogP contribution in [0.2, 0.25) is 0 Å². The third-order valence-corrected chi connectivity index (χ3v) is 4.69. The van der Waals surface area contributed by atoms with Crippen molar-refractivity contribution < 1.29 is 9.47 Å². The minimum atomic E-state index is 0.519. The van der Waals surface area contributed by atoms with Gasteiger partial charge in [-0.05, 0) is 29.8 Å². The first kappa shape index (κ1) is 14.8. The summed E-state index contributed by atoms with van der Waals surface area (Å²) in [6, 6.07) is 26.2. The molecule has 0 aliphatic carbocycles. The Kier molecular flexibility index (Phi) is 4.17. The standard InChI is InChI=1S/C21H16O2S/c1-2-8-16(9-3-1)14-22-18-11-5-6-12-19(18)23-20-15-24-21-13-7-4-10-17(20)21/h1-13,15H,14H2. The first-order chi connectivity index (χ1) is 11.9. The van der Waals surface area contributed by atoms with Crippen LogP contribution in [0.1, 0.15) is 5.56 Å². The van der Waals surface area contributed by atoms with Crippen molar-refractivity contribution in [2.75, 3.05) is 0 Å². The van der Waals surface area contributed by atoms with E-state index >= 15 is 0 Å². The van der Waals surface area contributed by atoms with Crippen LogP contribution >= 0.6 is 11.3 Å². The van der Waals surface area contributed by atoms with Gasteiger partial charge in [-0.1, -0.05) is 54.6 Å². The highest BCUT2D eigenvalue weighted by molar-refractivity contribution is 7.17. The minimum absolute atomic E-state index is 0.519. The van der Waals surface area contributed by atoms with Gasteiger partial charge in [0.05, 0.1) is 0 Å². The summed E-state index contributed by atoms with van der Waals surface area (Å²) in [5.41, 5.74) is 1.13. The van der Waals surface area contributed by atoms with Crippen molar-refractivity contribution >= 4 is 21.4 Å². The molecule has 118 valence electrons. The van der Waals surface area contributed by atoms with Gasteiger partial charge in [0, 0.05) is 15.5 Å². The molecule has 0 N–H and O–H groups in total. The van der Waals surface area contributed by atoms with Gasteiger partial charge >= 0.3 is 0 Å². The van der Waals surface area contributed by atoms with Crippen LogP contribution in [0.15, 0.2) is 84.2 Å². The Hall–Kier alpha value is -2.78. The predicted molar refractivity (Wildman–Crippen MR) is 99.1 cm³/mol. The van der Waals surface area contributed by atoms with Gasteiger partial charge in [0.2, 0.25) is 0 Å². The average molecular weight is 332 g/mol. The maximum absolute atomic E-state index is 6.14. The Bertz CT molecular complexity index is 944. The first-order valence-electron chi connectivity index (χ1n) is 7.80. The molecule has 0 fully saturated rings. The Labute approximate surface area is 144 Å². The van der Waals surface area contributed by atoms with Crippen molar-refractivity contribution in [3.05, 3.63) is 89.8 Å². The summed E-state index contributed by atoms with van der Waals surface area (Å²) in [5, 5.41) is 3.17. The normalized spacial score (nSPS) is 10.7. The van der Waals surface area contributed by atoms with E-state index in [2.05, 4.69) is 24.3 Å². The Morgan fingerprint density at radius 3 is 2.25 bits per heavy atom. The van der Waals surface area contributed by atoms with Crippen molar-refractivity contribution in [3.63, 3.8) is 0 Å². The molecule has 24 heavy (non-hydrogen) atoms. The molecule has 0 bridgehead atoms. The lowest BCUT2D eigenvalue weighted by atomic mass is 10.2. The number of hydrogen-bond acceptors (Lipinski definition) is 3. The molecular formula is C21H16O2S. The van der Waals surface area contributed by atoms with Crippen LogP contribution in [0.3, 0.4) is 0 Å². The van der Waals surface area contributed by atoms with Gasteiger partial charge in [0.15, 0.2) is 11.5 Å². The summed E-state index contributed by atoms with van der Waals surface area (Å²) in [5.74, 6) is 2.35. The number of hydrogen-bond donors (Lipinski definition) is 0. The number of rotatable bonds is 5. The summed E-state index contributed by atoms with van der Waals surface area (Å²) in [6.07, 6.45) is 0. The molecule has 0 spiro atoms. The maximum atomic E-state index is 6.14. The Morgan fingerprint density at radius 2 is 1.38 bits per heavy atom. The maximum Gasteiger partial charge on any atom is 0.169 e. The van der Waals surface area contributed by atoms with Crippen LogP contribution in [-0.4, -0.2) is 0 Å². The molecule has 0 radical (unpaired) electrons. The molecule has 0 aliphatic heterocycles. The molecule has 4 aromatic rings. The quantitative estimate of drug-likeness (QED) is 0.428. The van der Waals surface area contributed by atoms with Crippen molar-refractivity contribution in [1.29, 1.82) is 0 Å². The fourth-order valence-corrected chi connectivity index (χ4v) is 3.40. The van der Waals surface area contributed by atoms with Crippen molar-refractivity contribution in [3.8, 4) is 17.2 Å². The number of thiophene rings is 1. The van der Waals surface area contributed by atoms with E-state index in [1.807, 2.05) is 60.0 Å². The lowest BCUT2D eigenvalue weighted by Gasteiger charge is -2.12. The lowest BCUT2D eigenvalue weighted by Crippen LogP contribution is -1.97. The second-order valence-corrected chi connectivity index (χ2v) is 6.33.